The second kappa shape index (κ2) is 7.08. The normalized spacial score (nSPS) is 12.1. The van der Waals surface area contributed by atoms with Gasteiger partial charge in [-0.15, -0.1) is 11.3 Å². The summed E-state index contributed by atoms with van der Waals surface area (Å²) in [6.07, 6.45) is 3.03. The molecule has 0 saturated heterocycles. The Kier molecular flexibility index (Phi) is 5.16. The summed E-state index contributed by atoms with van der Waals surface area (Å²) in [6.45, 7) is 4.08. The van der Waals surface area contributed by atoms with Crippen LogP contribution in [0.25, 0.3) is 0 Å². The minimum atomic E-state index is -0.489. The first-order valence-electron chi connectivity index (χ1n) is 6.87. The Morgan fingerprint density at radius 1 is 1.45 bits per heavy atom. The van der Waals surface area contributed by atoms with E-state index in [0.29, 0.717) is 5.69 Å². The fourth-order valence-corrected chi connectivity index (χ4v) is 2.97. The third-order valence-electron chi connectivity index (χ3n) is 3.01. The SMILES string of the molecule is CC(C)[C@H](NC(=O)Nc1cnn(CC(N)=O)c1)c1cccs1. The van der Waals surface area contributed by atoms with Gasteiger partial charge in [-0.05, 0) is 17.4 Å². The molecule has 0 aliphatic carbocycles. The van der Waals surface area contributed by atoms with Gasteiger partial charge in [-0.1, -0.05) is 19.9 Å². The highest BCUT2D eigenvalue weighted by Gasteiger charge is 2.19. The highest BCUT2D eigenvalue weighted by molar-refractivity contribution is 7.10. The van der Waals surface area contributed by atoms with Crippen LogP contribution in [0.4, 0.5) is 10.5 Å². The third kappa shape index (κ3) is 4.32. The van der Waals surface area contributed by atoms with Gasteiger partial charge in [0.15, 0.2) is 0 Å². The van der Waals surface area contributed by atoms with Gasteiger partial charge in [0.25, 0.3) is 0 Å². The van der Waals surface area contributed by atoms with E-state index in [0.717, 1.165) is 4.88 Å². The molecule has 8 heteroatoms. The number of rotatable bonds is 6. The van der Waals surface area contributed by atoms with E-state index in [-0.39, 0.29) is 24.5 Å². The van der Waals surface area contributed by atoms with E-state index in [4.69, 9.17) is 5.73 Å². The molecule has 2 aromatic heterocycles. The van der Waals surface area contributed by atoms with Crippen molar-refractivity contribution in [1.82, 2.24) is 15.1 Å². The molecule has 118 valence electrons. The van der Waals surface area contributed by atoms with Crippen LogP contribution in [0.15, 0.2) is 29.9 Å². The maximum Gasteiger partial charge on any atom is 0.319 e. The van der Waals surface area contributed by atoms with Gasteiger partial charge in [-0.25, -0.2) is 4.79 Å². The zero-order chi connectivity index (χ0) is 16.1. The van der Waals surface area contributed by atoms with Crippen molar-refractivity contribution in [2.24, 2.45) is 11.7 Å². The van der Waals surface area contributed by atoms with Crippen LogP contribution in [-0.2, 0) is 11.3 Å². The minimum absolute atomic E-state index is 0.0207. The summed E-state index contributed by atoms with van der Waals surface area (Å²) < 4.78 is 1.37. The first-order chi connectivity index (χ1) is 10.5. The lowest BCUT2D eigenvalue weighted by molar-refractivity contribution is -0.118. The Labute approximate surface area is 132 Å². The van der Waals surface area contributed by atoms with E-state index in [2.05, 4.69) is 29.6 Å². The molecule has 1 atom stereocenters. The number of hydrogen-bond donors (Lipinski definition) is 3. The molecule has 4 N–H and O–H groups in total. The summed E-state index contributed by atoms with van der Waals surface area (Å²) in [7, 11) is 0. The summed E-state index contributed by atoms with van der Waals surface area (Å²) in [4.78, 5) is 24.0. The lowest BCUT2D eigenvalue weighted by Crippen LogP contribution is -2.34. The fourth-order valence-electron chi connectivity index (χ4n) is 2.02. The summed E-state index contributed by atoms with van der Waals surface area (Å²) in [6, 6.07) is 3.59. The predicted molar refractivity (Wildman–Crippen MR) is 85.5 cm³/mol. The number of urea groups is 1. The van der Waals surface area contributed by atoms with Gasteiger partial charge in [0.05, 0.1) is 17.9 Å². The van der Waals surface area contributed by atoms with E-state index in [1.54, 1.807) is 17.5 Å². The second-order valence-corrected chi connectivity index (χ2v) is 6.21. The average molecular weight is 321 g/mol. The standard InChI is InChI=1S/C14H19N5O2S/c1-9(2)13(11-4-3-5-22-11)18-14(21)17-10-6-16-19(7-10)8-12(15)20/h3-7,9,13H,8H2,1-2H3,(H2,15,20)(H2,17,18,21)/t13-/m0/s1. The summed E-state index contributed by atoms with van der Waals surface area (Å²) in [5.41, 5.74) is 5.60. The first-order valence-corrected chi connectivity index (χ1v) is 7.75. The van der Waals surface area contributed by atoms with Crippen LogP contribution in [0.3, 0.4) is 0 Å². The Hall–Kier alpha value is -2.35. The number of anilines is 1. The van der Waals surface area contributed by atoms with Gasteiger partial charge in [0.1, 0.15) is 6.54 Å². The smallest absolute Gasteiger partial charge is 0.319 e. The highest BCUT2D eigenvalue weighted by Crippen LogP contribution is 2.25. The molecule has 0 bridgehead atoms. The molecule has 0 spiro atoms. The number of nitrogens with two attached hydrogens (primary N) is 1. The molecule has 0 aliphatic rings. The molecule has 3 amide bonds. The molecule has 22 heavy (non-hydrogen) atoms. The molecule has 0 radical (unpaired) electrons. The summed E-state index contributed by atoms with van der Waals surface area (Å²) >= 11 is 1.61. The maximum absolute atomic E-state index is 12.1. The molecule has 2 aromatic rings. The molecular weight excluding hydrogens is 302 g/mol. The highest BCUT2D eigenvalue weighted by atomic mass is 32.1. The zero-order valence-electron chi connectivity index (χ0n) is 12.4. The number of hydrogen-bond acceptors (Lipinski definition) is 4. The lowest BCUT2D eigenvalue weighted by Gasteiger charge is -2.21. The summed E-state index contributed by atoms with van der Waals surface area (Å²) in [5.74, 6) is -0.223. The van der Waals surface area contributed by atoms with Gasteiger partial charge in [0.2, 0.25) is 5.91 Å². The quantitative estimate of drug-likeness (QED) is 0.757. The van der Waals surface area contributed by atoms with Crippen molar-refractivity contribution in [3.8, 4) is 0 Å². The van der Waals surface area contributed by atoms with Crippen LogP contribution >= 0.6 is 11.3 Å². The van der Waals surface area contributed by atoms with Crippen molar-refractivity contribution in [2.45, 2.75) is 26.4 Å². The molecule has 2 heterocycles. The molecule has 0 saturated carbocycles. The number of carbonyl (C=O) groups is 2. The van der Waals surface area contributed by atoms with E-state index < -0.39 is 5.91 Å². The zero-order valence-corrected chi connectivity index (χ0v) is 13.3. The van der Waals surface area contributed by atoms with Gasteiger partial charge in [-0.2, -0.15) is 5.10 Å². The van der Waals surface area contributed by atoms with Crippen molar-refractivity contribution in [3.63, 3.8) is 0 Å². The molecule has 0 fully saturated rings. The number of aromatic nitrogens is 2. The number of nitrogens with zero attached hydrogens (tertiary/aromatic N) is 2. The average Bonchev–Trinajstić information content (AvgIpc) is 3.07. The molecule has 7 nitrogen and oxygen atoms in total. The Bertz CT molecular complexity index is 635. The fraction of sp³-hybridized carbons (Fsp3) is 0.357. The minimum Gasteiger partial charge on any atom is -0.368 e. The molecule has 2 rings (SSSR count). The van der Waals surface area contributed by atoms with Crippen LogP contribution in [0.2, 0.25) is 0 Å². The summed E-state index contributed by atoms with van der Waals surface area (Å²) in [5, 5.41) is 11.6. The molecular formula is C14H19N5O2S. The monoisotopic (exact) mass is 321 g/mol. The van der Waals surface area contributed by atoms with Crippen LogP contribution < -0.4 is 16.4 Å². The molecule has 0 aliphatic heterocycles. The van der Waals surface area contributed by atoms with Crippen molar-refractivity contribution < 1.29 is 9.59 Å². The number of carbonyl (C=O) groups excluding carboxylic acids is 2. The van der Waals surface area contributed by atoms with Crippen LogP contribution in [-0.4, -0.2) is 21.7 Å². The topological polar surface area (TPSA) is 102 Å². The number of nitrogens with one attached hydrogen (secondary N) is 2. The van der Waals surface area contributed by atoms with E-state index >= 15 is 0 Å². The lowest BCUT2D eigenvalue weighted by atomic mass is 10.0. The van der Waals surface area contributed by atoms with E-state index in [1.807, 2.05) is 17.5 Å². The van der Waals surface area contributed by atoms with E-state index in [9.17, 15) is 9.59 Å². The van der Waals surface area contributed by atoms with Crippen molar-refractivity contribution >= 4 is 29.0 Å². The van der Waals surface area contributed by atoms with E-state index in [1.165, 1.54) is 10.9 Å². The van der Waals surface area contributed by atoms with Crippen molar-refractivity contribution in [1.29, 1.82) is 0 Å². The van der Waals surface area contributed by atoms with Crippen LogP contribution in [0.1, 0.15) is 24.8 Å². The first kappa shape index (κ1) is 16.0. The van der Waals surface area contributed by atoms with Gasteiger partial charge < -0.3 is 16.4 Å². The van der Waals surface area contributed by atoms with Crippen LogP contribution in [0, 0.1) is 5.92 Å². The molecule has 0 aromatic carbocycles. The second-order valence-electron chi connectivity index (χ2n) is 5.23. The third-order valence-corrected chi connectivity index (χ3v) is 3.97. The van der Waals surface area contributed by atoms with Gasteiger partial charge in [-0.3, -0.25) is 9.48 Å². The molecule has 0 unspecified atom stereocenters. The Balaban J connectivity index is 1.96. The van der Waals surface area contributed by atoms with Crippen LogP contribution in [0.5, 0.6) is 0 Å². The largest absolute Gasteiger partial charge is 0.368 e. The number of thiophene rings is 1. The number of primary amides is 1. The Morgan fingerprint density at radius 3 is 2.82 bits per heavy atom. The van der Waals surface area contributed by atoms with Crippen molar-refractivity contribution in [3.05, 3.63) is 34.8 Å². The predicted octanol–water partition coefficient (Wildman–Crippen LogP) is 1.95. The Morgan fingerprint density at radius 2 is 2.23 bits per heavy atom. The van der Waals surface area contributed by atoms with Crippen molar-refractivity contribution in [2.75, 3.05) is 5.32 Å². The van der Waals surface area contributed by atoms with Gasteiger partial charge >= 0.3 is 6.03 Å². The van der Waals surface area contributed by atoms with Gasteiger partial charge in [0, 0.05) is 11.1 Å². The maximum atomic E-state index is 12.1. The number of amides is 3.